The molecule has 0 rings (SSSR count). The molecule has 0 fully saturated rings. The van der Waals surface area contributed by atoms with Crippen LogP contribution < -0.4 is 5.73 Å². The van der Waals surface area contributed by atoms with Gasteiger partial charge in [-0.05, 0) is 67.2 Å². The summed E-state index contributed by atoms with van der Waals surface area (Å²) in [6, 6.07) is 0.875. The minimum absolute atomic E-state index is 0.141. The van der Waals surface area contributed by atoms with Gasteiger partial charge >= 0.3 is 8.80 Å². The lowest BCUT2D eigenvalue weighted by atomic mass is 10.2. The van der Waals surface area contributed by atoms with Gasteiger partial charge in [-0.1, -0.05) is 0 Å². The van der Waals surface area contributed by atoms with Crippen LogP contribution in [0.1, 0.15) is 40.0 Å². The molecule has 1 unspecified atom stereocenters. The second kappa shape index (κ2) is 11.7. The van der Waals surface area contributed by atoms with Gasteiger partial charge in [0.05, 0.1) is 0 Å². The molecule has 0 heterocycles. The third-order valence-electron chi connectivity index (χ3n) is 3.01. The average Bonchev–Trinajstić information content (AvgIpc) is 2.36. The summed E-state index contributed by atoms with van der Waals surface area (Å²) in [5, 5.41) is 0. The van der Waals surface area contributed by atoms with Gasteiger partial charge in [0.1, 0.15) is 0 Å². The Balaban J connectivity index is 4.54. The van der Waals surface area contributed by atoms with E-state index >= 15 is 0 Å². The molecule has 5 nitrogen and oxygen atoms in total. The van der Waals surface area contributed by atoms with Crippen molar-refractivity contribution in [3.63, 3.8) is 0 Å². The predicted octanol–water partition coefficient (Wildman–Crippen LogP) is 2.09. The maximum Gasteiger partial charge on any atom is 0.501 e. The summed E-state index contributed by atoms with van der Waals surface area (Å²) in [5.41, 5.74) is 5.56. The third-order valence-corrected chi connectivity index (χ3v) is 6.20. The molecule has 0 aliphatic carbocycles. The summed E-state index contributed by atoms with van der Waals surface area (Å²) in [7, 11) is 1.61. The van der Waals surface area contributed by atoms with Gasteiger partial charge in [0.2, 0.25) is 0 Å². The smallest absolute Gasteiger partial charge is 0.374 e. The van der Waals surface area contributed by atoms with Crippen LogP contribution in [0.2, 0.25) is 6.04 Å². The van der Waals surface area contributed by atoms with Gasteiger partial charge in [-0.25, -0.2) is 0 Å². The molecule has 0 amide bonds. The van der Waals surface area contributed by atoms with Gasteiger partial charge in [0.15, 0.2) is 0 Å². The number of nitrogens with zero attached hydrogens (tertiary/aromatic N) is 1. The third kappa shape index (κ3) is 9.04. The molecule has 0 aromatic carbocycles. The molecule has 0 aliphatic heterocycles. The number of hydrogen-bond acceptors (Lipinski definition) is 5. The summed E-state index contributed by atoms with van der Waals surface area (Å²) >= 11 is 0. The van der Waals surface area contributed by atoms with Crippen molar-refractivity contribution in [3.8, 4) is 0 Å². The molecule has 0 bridgehead atoms. The highest BCUT2D eigenvalue weighted by Crippen LogP contribution is 2.21. The predicted molar refractivity (Wildman–Crippen MR) is 85.8 cm³/mol. The molecule has 6 heteroatoms. The van der Waals surface area contributed by atoms with Crippen LogP contribution in [0, 0.1) is 0 Å². The molecule has 0 saturated carbocycles. The molecule has 122 valence electrons. The van der Waals surface area contributed by atoms with Crippen molar-refractivity contribution in [2.75, 3.05) is 40.4 Å². The second-order valence-electron chi connectivity index (χ2n) is 5.32. The summed E-state index contributed by atoms with van der Waals surface area (Å²) < 4.78 is 18.1. The fourth-order valence-electron chi connectivity index (χ4n) is 2.14. The van der Waals surface area contributed by atoms with Crippen molar-refractivity contribution in [2.24, 2.45) is 5.73 Å². The Kier molecular flexibility index (Phi) is 11.7. The van der Waals surface area contributed by atoms with Gasteiger partial charge in [0.25, 0.3) is 0 Å². The minimum atomic E-state index is -2.54. The molecule has 0 radical (unpaired) electrons. The Morgan fingerprint density at radius 1 is 1.10 bits per heavy atom. The molecule has 0 aromatic rings. The zero-order valence-corrected chi connectivity index (χ0v) is 15.0. The van der Waals surface area contributed by atoms with Crippen molar-refractivity contribution < 1.29 is 13.3 Å². The van der Waals surface area contributed by atoms with Crippen molar-refractivity contribution in [1.29, 1.82) is 0 Å². The van der Waals surface area contributed by atoms with Crippen LogP contribution in [0.4, 0.5) is 0 Å². The van der Waals surface area contributed by atoms with Crippen LogP contribution in [0.3, 0.4) is 0 Å². The van der Waals surface area contributed by atoms with Crippen LogP contribution in [0.15, 0.2) is 0 Å². The molecular weight excluding hydrogens is 272 g/mol. The van der Waals surface area contributed by atoms with E-state index in [0.717, 1.165) is 31.9 Å². The topological polar surface area (TPSA) is 57.0 Å². The number of nitrogens with two attached hydrogens (primary N) is 1. The normalized spacial score (nSPS) is 13.9. The zero-order chi connectivity index (χ0) is 15.4. The molecular formula is C14H34N2O3Si. The summed E-state index contributed by atoms with van der Waals surface area (Å²) in [6.07, 6.45) is 3.10. The first kappa shape index (κ1) is 20.0. The molecule has 0 aromatic heterocycles. The molecule has 0 aliphatic rings. The second-order valence-corrected chi connectivity index (χ2v) is 7.99. The highest BCUT2D eigenvalue weighted by atomic mass is 28.4. The van der Waals surface area contributed by atoms with Crippen LogP contribution in [-0.2, 0) is 13.3 Å². The molecule has 0 saturated heterocycles. The average molecular weight is 307 g/mol. The van der Waals surface area contributed by atoms with E-state index in [1.54, 1.807) is 0 Å². The monoisotopic (exact) mass is 306 g/mol. The Morgan fingerprint density at radius 2 is 1.70 bits per heavy atom. The van der Waals surface area contributed by atoms with Gasteiger partial charge in [-0.3, -0.25) is 0 Å². The lowest BCUT2D eigenvalue weighted by molar-refractivity contribution is 0.0344. The van der Waals surface area contributed by atoms with Crippen LogP contribution in [0.25, 0.3) is 0 Å². The minimum Gasteiger partial charge on any atom is -0.374 e. The van der Waals surface area contributed by atoms with E-state index in [-0.39, 0.29) is 6.10 Å². The quantitative estimate of drug-likeness (QED) is 0.528. The van der Waals surface area contributed by atoms with E-state index in [1.807, 2.05) is 13.8 Å². The van der Waals surface area contributed by atoms with Crippen LogP contribution in [0.5, 0.6) is 0 Å². The van der Waals surface area contributed by atoms with Crippen LogP contribution >= 0.6 is 0 Å². The Hall–Kier alpha value is 0.0169. The zero-order valence-electron chi connectivity index (χ0n) is 14.0. The highest BCUT2D eigenvalue weighted by Gasteiger charge is 2.41. The largest absolute Gasteiger partial charge is 0.501 e. The lowest BCUT2D eigenvalue weighted by Gasteiger charge is -2.32. The molecule has 2 N–H and O–H groups in total. The molecule has 20 heavy (non-hydrogen) atoms. The Labute approximate surface area is 126 Å². The highest BCUT2D eigenvalue weighted by molar-refractivity contribution is 6.60. The van der Waals surface area contributed by atoms with E-state index in [9.17, 15) is 0 Å². The van der Waals surface area contributed by atoms with E-state index in [1.165, 1.54) is 0 Å². The maximum atomic E-state index is 6.22. The molecule has 0 spiro atoms. The van der Waals surface area contributed by atoms with E-state index in [2.05, 4.69) is 25.9 Å². The summed E-state index contributed by atoms with van der Waals surface area (Å²) in [6.45, 7) is 9.08. The lowest BCUT2D eigenvalue weighted by Crippen LogP contribution is -2.48. The number of rotatable bonds is 13. The van der Waals surface area contributed by atoms with E-state index < -0.39 is 8.80 Å². The number of hydrogen-bond donors (Lipinski definition) is 1. The van der Waals surface area contributed by atoms with Gasteiger partial charge in [-0.2, -0.15) is 0 Å². The summed E-state index contributed by atoms with van der Waals surface area (Å²) in [5.74, 6) is 0. The van der Waals surface area contributed by atoms with Crippen molar-refractivity contribution in [2.45, 2.75) is 52.2 Å². The SMILES string of the molecule is CCO[Si](CCCN(C)C)(OCC)OC(C)CCCN. The standard InChI is InChI=1S/C14H34N2O3Si/c1-6-17-20(18-7-2,13-9-12-16(4)5)19-14(3)10-8-11-15/h14H,6-13,15H2,1-5H3. The Bertz CT molecular complexity index is 224. The fourth-order valence-corrected chi connectivity index (χ4v) is 4.96. The molecule has 1 atom stereocenters. The van der Waals surface area contributed by atoms with Crippen molar-refractivity contribution in [3.05, 3.63) is 0 Å². The van der Waals surface area contributed by atoms with Crippen LogP contribution in [-0.4, -0.2) is 60.2 Å². The first-order valence-electron chi connectivity index (χ1n) is 7.80. The van der Waals surface area contributed by atoms with E-state index in [0.29, 0.717) is 19.8 Å². The van der Waals surface area contributed by atoms with Gasteiger partial charge in [-0.15, -0.1) is 0 Å². The van der Waals surface area contributed by atoms with Gasteiger partial charge < -0.3 is 23.9 Å². The fraction of sp³-hybridized carbons (Fsp3) is 1.00. The summed E-state index contributed by atoms with van der Waals surface area (Å²) in [4.78, 5) is 2.18. The maximum absolute atomic E-state index is 6.22. The first-order chi connectivity index (χ1) is 9.49. The van der Waals surface area contributed by atoms with Gasteiger partial charge in [0, 0.05) is 25.4 Å². The van der Waals surface area contributed by atoms with Crippen molar-refractivity contribution in [1.82, 2.24) is 4.90 Å². The first-order valence-corrected chi connectivity index (χ1v) is 9.73. The van der Waals surface area contributed by atoms with E-state index in [4.69, 9.17) is 19.0 Å². The van der Waals surface area contributed by atoms with Crippen molar-refractivity contribution >= 4 is 8.80 Å². The Morgan fingerprint density at radius 3 is 2.15 bits per heavy atom.